The highest BCUT2D eigenvalue weighted by Crippen LogP contribution is 2.24. The molecule has 0 aliphatic rings. The van der Waals surface area contributed by atoms with E-state index in [2.05, 4.69) is 9.47 Å². The van der Waals surface area contributed by atoms with Gasteiger partial charge in [-0.05, 0) is 6.07 Å². The van der Waals surface area contributed by atoms with Crippen LogP contribution in [0.5, 0.6) is 0 Å². The van der Waals surface area contributed by atoms with Crippen LogP contribution in [-0.4, -0.2) is 26.2 Å². The van der Waals surface area contributed by atoms with Crippen LogP contribution in [0.25, 0.3) is 0 Å². The largest absolute Gasteiger partial charge is 0.468 e. The van der Waals surface area contributed by atoms with Crippen LogP contribution in [0.3, 0.4) is 0 Å². The van der Waals surface area contributed by atoms with E-state index in [1.54, 1.807) is 24.3 Å². The van der Waals surface area contributed by atoms with Gasteiger partial charge in [-0.1, -0.05) is 18.2 Å². The highest BCUT2D eigenvalue weighted by atomic mass is 16.5. The van der Waals surface area contributed by atoms with Crippen molar-refractivity contribution in [3.63, 3.8) is 0 Å². The molecular formula is C11H13NO4. The summed E-state index contributed by atoms with van der Waals surface area (Å²) in [5, 5.41) is 0. The van der Waals surface area contributed by atoms with Crippen LogP contribution in [0, 0.1) is 0 Å². The Balaban J connectivity index is 3.16. The second-order valence-electron chi connectivity index (χ2n) is 3.11. The number of hydrogen-bond donors (Lipinski definition) is 1. The highest BCUT2D eigenvalue weighted by molar-refractivity contribution is 6.01. The summed E-state index contributed by atoms with van der Waals surface area (Å²) in [6.45, 7) is 0. The van der Waals surface area contributed by atoms with Crippen LogP contribution in [0.2, 0.25) is 0 Å². The van der Waals surface area contributed by atoms with Crippen molar-refractivity contribution in [1.29, 1.82) is 0 Å². The van der Waals surface area contributed by atoms with Crippen molar-refractivity contribution in [2.24, 2.45) is 0 Å². The van der Waals surface area contributed by atoms with Crippen LogP contribution in [0.1, 0.15) is 11.5 Å². The lowest BCUT2D eigenvalue weighted by atomic mass is 9.97. The average molecular weight is 223 g/mol. The predicted octanol–water partition coefficient (Wildman–Crippen LogP) is 0.698. The van der Waals surface area contributed by atoms with E-state index in [-0.39, 0.29) is 0 Å². The molecule has 5 heteroatoms. The zero-order valence-electron chi connectivity index (χ0n) is 9.10. The third kappa shape index (κ3) is 2.31. The first kappa shape index (κ1) is 12.0. The Kier molecular flexibility index (Phi) is 3.88. The van der Waals surface area contributed by atoms with Crippen LogP contribution < -0.4 is 5.73 Å². The number of benzene rings is 1. The number of methoxy groups -OCH3 is 2. The van der Waals surface area contributed by atoms with E-state index < -0.39 is 17.9 Å². The number of hydrogen-bond acceptors (Lipinski definition) is 5. The van der Waals surface area contributed by atoms with Gasteiger partial charge >= 0.3 is 11.9 Å². The van der Waals surface area contributed by atoms with Crippen molar-refractivity contribution in [2.75, 3.05) is 20.0 Å². The Morgan fingerprint density at radius 2 is 1.62 bits per heavy atom. The molecule has 0 unspecified atom stereocenters. The van der Waals surface area contributed by atoms with Crippen LogP contribution in [0.4, 0.5) is 5.69 Å². The van der Waals surface area contributed by atoms with Gasteiger partial charge < -0.3 is 15.2 Å². The zero-order valence-corrected chi connectivity index (χ0v) is 9.10. The maximum atomic E-state index is 11.5. The molecule has 16 heavy (non-hydrogen) atoms. The third-order valence-electron chi connectivity index (χ3n) is 2.18. The second kappa shape index (κ2) is 5.16. The first-order valence-corrected chi connectivity index (χ1v) is 4.62. The summed E-state index contributed by atoms with van der Waals surface area (Å²) >= 11 is 0. The standard InChI is InChI=1S/C11H13NO4/c1-15-10(13)9(11(14)16-2)7-5-3-4-6-8(7)12/h3-6,9H,12H2,1-2H3. The molecule has 0 heterocycles. The minimum absolute atomic E-state index is 0.350. The first-order valence-electron chi connectivity index (χ1n) is 4.62. The van der Waals surface area contributed by atoms with E-state index in [1.807, 2.05) is 0 Å². The fourth-order valence-corrected chi connectivity index (χ4v) is 1.36. The molecule has 0 spiro atoms. The van der Waals surface area contributed by atoms with E-state index in [0.29, 0.717) is 11.3 Å². The summed E-state index contributed by atoms with van der Waals surface area (Å²) in [5.74, 6) is -2.51. The minimum atomic E-state index is -1.13. The minimum Gasteiger partial charge on any atom is -0.468 e. The quantitative estimate of drug-likeness (QED) is 0.463. The number of nitrogens with two attached hydrogens (primary N) is 1. The molecule has 1 rings (SSSR count). The van der Waals surface area contributed by atoms with Crippen LogP contribution in [-0.2, 0) is 19.1 Å². The lowest BCUT2D eigenvalue weighted by Crippen LogP contribution is -2.25. The van der Waals surface area contributed by atoms with Crippen molar-refractivity contribution in [3.05, 3.63) is 29.8 Å². The monoisotopic (exact) mass is 223 g/mol. The van der Waals surface area contributed by atoms with Gasteiger partial charge in [-0.25, -0.2) is 0 Å². The summed E-state index contributed by atoms with van der Waals surface area (Å²) in [6.07, 6.45) is 0. The lowest BCUT2D eigenvalue weighted by Gasteiger charge is -2.14. The number of carbonyl (C=O) groups excluding carboxylic acids is 2. The molecule has 0 radical (unpaired) electrons. The van der Waals surface area contributed by atoms with E-state index >= 15 is 0 Å². The maximum Gasteiger partial charge on any atom is 0.324 e. The third-order valence-corrected chi connectivity index (χ3v) is 2.18. The van der Waals surface area contributed by atoms with E-state index in [1.165, 1.54) is 14.2 Å². The highest BCUT2D eigenvalue weighted by Gasteiger charge is 2.31. The molecule has 0 amide bonds. The molecule has 5 nitrogen and oxygen atoms in total. The summed E-state index contributed by atoms with van der Waals surface area (Å²) in [6, 6.07) is 6.59. The maximum absolute atomic E-state index is 11.5. The number of nitrogen functional groups attached to an aromatic ring is 1. The van der Waals surface area contributed by atoms with Gasteiger partial charge in [0.05, 0.1) is 14.2 Å². The molecule has 0 fully saturated rings. The van der Waals surface area contributed by atoms with Crippen molar-refractivity contribution < 1.29 is 19.1 Å². The number of esters is 2. The number of carbonyl (C=O) groups is 2. The zero-order chi connectivity index (χ0) is 12.1. The Bertz CT molecular complexity index is 387. The SMILES string of the molecule is COC(=O)C(C(=O)OC)c1ccccc1N. The summed E-state index contributed by atoms with van der Waals surface area (Å²) in [4.78, 5) is 23.0. The van der Waals surface area contributed by atoms with Gasteiger partial charge in [-0.3, -0.25) is 9.59 Å². The van der Waals surface area contributed by atoms with Gasteiger partial charge in [0, 0.05) is 11.3 Å². The van der Waals surface area contributed by atoms with Crippen molar-refractivity contribution in [3.8, 4) is 0 Å². The second-order valence-corrected chi connectivity index (χ2v) is 3.11. The molecule has 1 aromatic rings. The molecule has 0 aliphatic carbocycles. The summed E-state index contributed by atoms with van der Waals surface area (Å²) in [5.41, 5.74) is 6.43. The molecule has 1 aromatic carbocycles. The predicted molar refractivity (Wildman–Crippen MR) is 57.6 cm³/mol. The summed E-state index contributed by atoms with van der Waals surface area (Å²) < 4.78 is 9.10. The molecule has 2 N–H and O–H groups in total. The van der Waals surface area contributed by atoms with Crippen molar-refractivity contribution >= 4 is 17.6 Å². The Hall–Kier alpha value is -2.04. The first-order chi connectivity index (χ1) is 7.61. The number of rotatable bonds is 3. The van der Waals surface area contributed by atoms with E-state index in [0.717, 1.165) is 0 Å². The molecule has 0 aromatic heterocycles. The number of ether oxygens (including phenoxy) is 2. The molecule has 0 aliphatic heterocycles. The van der Waals surface area contributed by atoms with Gasteiger partial charge in [0.15, 0.2) is 5.92 Å². The van der Waals surface area contributed by atoms with Crippen molar-refractivity contribution in [1.82, 2.24) is 0 Å². The lowest BCUT2D eigenvalue weighted by molar-refractivity contribution is -0.154. The Morgan fingerprint density at radius 3 is 2.06 bits per heavy atom. The van der Waals surface area contributed by atoms with Crippen LogP contribution >= 0.6 is 0 Å². The normalized spacial score (nSPS) is 9.94. The summed E-state index contributed by atoms with van der Waals surface area (Å²) in [7, 11) is 2.41. The fraction of sp³-hybridized carbons (Fsp3) is 0.273. The van der Waals surface area contributed by atoms with E-state index in [9.17, 15) is 9.59 Å². The van der Waals surface area contributed by atoms with Gasteiger partial charge in [-0.15, -0.1) is 0 Å². The average Bonchev–Trinajstić information content (AvgIpc) is 2.31. The fourth-order valence-electron chi connectivity index (χ4n) is 1.36. The molecule has 0 atom stereocenters. The van der Waals surface area contributed by atoms with E-state index in [4.69, 9.17) is 5.73 Å². The Labute approximate surface area is 93.1 Å². The molecule has 0 saturated heterocycles. The molecule has 86 valence electrons. The Morgan fingerprint density at radius 1 is 1.12 bits per heavy atom. The van der Waals surface area contributed by atoms with Gasteiger partial charge in [0.25, 0.3) is 0 Å². The molecule has 0 saturated carbocycles. The van der Waals surface area contributed by atoms with Crippen molar-refractivity contribution in [2.45, 2.75) is 5.92 Å². The number of para-hydroxylation sites is 1. The smallest absolute Gasteiger partial charge is 0.324 e. The molecule has 0 bridgehead atoms. The van der Waals surface area contributed by atoms with Gasteiger partial charge in [0.1, 0.15) is 0 Å². The van der Waals surface area contributed by atoms with Gasteiger partial charge in [-0.2, -0.15) is 0 Å². The van der Waals surface area contributed by atoms with Gasteiger partial charge in [0.2, 0.25) is 0 Å². The topological polar surface area (TPSA) is 78.6 Å². The molecular weight excluding hydrogens is 210 g/mol. The number of anilines is 1. The van der Waals surface area contributed by atoms with Crippen LogP contribution in [0.15, 0.2) is 24.3 Å².